The van der Waals surface area contributed by atoms with Crippen molar-refractivity contribution in [1.82, 2.24) is 0 Å². The molecule has 0 saturated carbocycles. The van der Waals surface area contributed by atoms with Crippen molar-refractivity contribution in [3.8, 4) is 23.0 Å². The first-order valence-electron chi connectivity index (χ1n) is 7.52. The molecule has 0 spiro atoms. The van der Waals surface area contributed by atoms with Crippen LogP contribution in [-0.4, -0.2) is 23.9 Å². The van der Waals surface area contributed by atoms with E-state index in [1.54, 1.807) is 0 Å². The summed E-state index contributed by atoms with van der Waals surface area (Å²) in [5, 5.41) is 0.292. The van der Waals surface area contributed by atoms with E-state index in [1.165, 1.54) is 52.0 Å². The average Bonchev–Trinajstić information content (AvgIpc) is 2.49. The standard InChI is InChI=1S/C18H16O8/c1-9(19)23-13-5-6-15(25-11(3)21)18-16(26-12(4)22)8-7-14(17(13)18)24-10(2)20/h5-8H,1-4H3. The monoisotopic (exact) mass is 360 g/mol. The summed E-state index contributed by atoms with van der Waals surface area (Å²) >= 11 is 0. The van der Waals surface area contributed by atoms with Crippen LogP contribution in [0.25, 0.3) is 10.8 Å². The Morgan fingerprint density at radius 2 is 0.692 bits per heavy atom. The fourth-order valence-corrected chi connectivity index (χ4v) is 2.33. The van der Waals surface area contributed by atoms with Gasteiger partial charge in [0.05, 0.1) is 10.8 Å². The maximum Gasteiger partial charge on any atom is 0.308 e. The first-order valence-corrected chi connectivity index (χ1v) is 7.52. The Morgan fingerprint density at radius 1 is 0.500 bits per heavy atom. The highest BCUT2D eigenvalue weighted by Gasteiger charge is 2.21. The van der Waals surface area contributed by atoms with Crippen LogP contribution in [0.1, 0.15) is 27.7 Å². The van der Waals surface area contributed by atoms with Crippen LogP contribution in [0.2, 0.25) is 0 Å². The molecule has 0 aliphatic carbocycles. The molecule has 0 atom stereocenters. The van der Waals surface area contributed by atoms with Crippen LogP contribution in [0.3, 0.4) is 0 Å². The Hall–Kier alpha value is -3.42. The molecule has 0 aliphatic rings. The van der Waals surface area contributed by atoms with Crippen molar-refractivity contribution in [3.63, 3.8) is 0 Å². The summed E-state index contributed by atoms with van der Waals surface area (Å²) in [5.74, 6) is -2.25. The second-order valence-corrected chi connectivity index (χ2v) is 5.25. The molecule has 8 nitrogen and oxygen atoms in total. The van der Waals surface area contributed by atoms with E-state index in [4.69, 9.17) is 18.9 Å². The van der Waals surface area contributed by atoms with Gasteiger partial charge in [-0.3, -0.25) is 19.2 Å². The van der Waals surface area contributed by atoms with Gasteiger partial charge in [0, 0.05) is 27.7 Å². The third-order valence-electron chi connectivity index (χ3n) is 3.02. The Balaban J connectivity index is 2.88. The summed E-state index contributed by atoms with van der Waals surface area (Å²) in [6.07, 6.45) is 0. The molecule has 0 aliphatic heterocycles. The minimum atomic E-state index is -0.613. The lowest BCUT2D eigenvalue weighted by Crippen LogP contribution is -2.09. The Labute approximate surface area is 148 Å². The van der Waals surface area contributed by atoms with Crippen molar-refractivity contribution in [2.24, 2.45) is 0 Å². The molecule has 0 fully saturated rings. The van der Waals surface area contributed by atoms with Crippen molar-refractivity contribution < 1.29 is 38.1 Å². The van der Waals surface area contributed by atoms with Crippen molar-refractivity contribution >= 4 is 34.6 Å². The molecule has 26 heavy (non-hydrogen) atoms. The number of carbonyl (C=O) groups excluding carboxylic acids is 4. The van der Waals surface area contributed by atoms with Crippen molar-refractivity contribution in [2.45, 2.75) is 27.7 Å². The van der Waals surface area contributed by atoms with E-state index >= 15 is 0 Å². The molecular formula is C18H16O8. The first-order chi connectivity index (χ1) is 12.2. The minimum absolute atomic E-state index is 0.0497. The third kappa shape index (κ3) is 4.35. The van der Waals surface area contributed by atoms with Gasteiger partial charge >= 0.3 is 23.9 Å². The zero-order chi connectivity index (χ0) is 19.4. The van der Waals surface area contributed by atoms with Crippen LogP contribution in [0.5, 0.6) is 23.0 Å². The first kappa shape index (κ1) is 18.9. The molecule has 0 amide bonds. The second kappa shape index (κ2) is 7.64. The van der Waals surface area contributed by atoms with E-state index in [0.717, 1.165) is 0 Å². The van der Waals surface area contributed by atoms with E-state index in [9.17, 15) is 19.2 Å². The largest absolute Gasteiger partial charge is 0.426 e. The van der Waals surface area contributed by atoms with Crippen LogP contribution in [0.15, 0.2) is 24.3 Å². The lowest BCUT2D eigenvalue weighted by Gasteiger charge is -2.16. The normalized spacial score (nSPS) is 10.2. The number of hydrogen-bond acceptors (Lipinski definition) is 8. The van der Waals surface area contributed by atoms with Crippen LogP contribution >= 0.6 is 0 Å². The number of carbonyl (C=O) groups is 4. The highest BCUT2D eigenvalue weighted by atomic mass is 16.6. The summed E-state index contributed by atoms with van der Waals surface area (Å²) < 4.78 is 20.6. The van der Waals surface area contributed by atoms with Gasteiger partial charge in [-0.2, -0.15) is 0 Å². The fraction of sp³-hybridized carbons (Fsp3) is 0.222. The number of esters is 4. The summed E-state index contributed by atoms with van der Waals surface area (Å²) in [7, 11) is 0. The Bertz CT molecular complexity index is 768. The van der Waals surface area contributed by atoms with Gasteiger partial charge in [-0.1, -0.05) is 0 Å². The summed E-state index contributed by atoms with van der Waals surface area (Å²) in [4.78, 5) is 45.7. The maximum absolute atomic E-state index is 11.4. The zero-order valence-electron chi connectivity index (χ0n) is 14.6. The maximum atomic E-state index is 11.4. The average molecular weight is 360 g/mol. The summed E-state index contributed by atoms with van der Waals surface area (Å²) in [6, 6.07) is 5.53. The molecule has 2 aromatic rings. The quantitative estimate of drug-likeness (QED) is 0.605. The van der Waals surface area contributed by atoms with Crippen LogP contribution in [-0.2, 0) is 19.2 Å². The molecule has 0 saturated heterocycles. The third-order valence-corrected chi connectivity index (χ3v) is 3.02. The fourth-order valence-electron chi connectivity index (χ4n) is 2.33. The molecule has 136 valence electrons. The molecule has 0 unspecified atom stereocenters. The molecule has 0 aromatic heterocycles. The number of hydrogen-bond donors (Lipinski definition) is 0. The molecule has 2 rings (SSSR count). The number of ether oxygens (including phenoxy) is 4. The molecule has 0 N–H and O–H groups in total. The van der Waals surface area contributed by atoms with Gasteiger partial charge in [-0.25, -0.2) is 0 Å². The van der Waals surface area contributed by atoms with E-state index < -0.39 is 23.9 Å². The second-order valence-electron chi connectivity index (χ2n) is 5.25. The van der Waals surface area contributed by atoms with E-state index in [-0.39, 0.29) is 33.8 Å². The highest BCUT2D eigenvalue weighted by molar-refractivity contribution is 6.05. The molecule has 8 heteroatoms. The van der Waals surface area contributed by atoms with Gasteiger partial charge < -0.3 is 18.9 Å². The summed E-state index contributed by atoms with van der Waals surface area (Å²) in [5.41, 5.74) is 0. The van der Waals surface area contributed by atoms with Gasteiger partial charge in [-0.05, 0) is 24.3 Å². The molecule has 2 aromatic carbocycles. The predicted molar refractivity (Wildman–Crippen MR) is 89.2 cm³/mol. The van der Waals surface area contributed by atoms with Gasteiger partial charge in [0.2, 0.25) is 0 Å². The molecule has 0 radical (unpaired) electrons. The number of rotatable bonds is 4. The molecule has 0 bridgehead atoms. The van der Waals surface area contributed by atoms with Crippen molar-refractivity contribution in [2.75, 3.05) is 0 Å². The lowest BCUT2D eigenvalue weighted by molar-refractivity contribution is -0.133. The minimum Gasteiger partial charge on any atom is -0.426 e. The summed E-state index contributed by atoms with van der Waals surface area (Å²) in [6.45, 7) is 4.81. The lowest BCUT2D eigenvalue weighted by atomic mass is 10.1. The predicted octanol–water partition coefficient (Wildman–Crippen LogP) is 2.54. The van der Waals surface area contributed by atoms with Gasteiger partial charge in [0.15, 0.2) is 0 Å². The number of fused-ring (bicyclic) bond motifs is 1. The van der Waals surface area contributed by atoms with Gasteiger partial charge in [0.25, 0.3) is 0 Å². The van der Waals surface area contributed by atoms with Crippen LogP contribution in [0, 0.1) is 0 Å². The van der Waals surface area contributed by atoms with E-state index in [1.807, 2.05) is 0 Å². The smallest absolute Gasteiger partial charge is 0.308 e. The topological polar surface area (TPSA) is 105 Å². The molecule has 0 heterocycles. The Kier molecular flexibility index (Phi) is 5.56. The molecular weight excluding hydrogens is 344 g/mol. The van der Waals surface area contributed by atoms with Crippen molar-refractivity contribution in [1.29, 1.82) is 0 Å². The highest BCUT2D eigenvalue weighted by Crippen LogP contribution is 2.44. The van der Waals surface area contributed by atoms with Gasteiger partial charge in [-0.15, -0.1) is 0 Å². The zero-order valence-corrected chi connectivity index (χ0v) is 14.6. The van der Waals surface area contributed by atoms with Crippen molar-refractivity contribution in [3.05, 3.63) is 24.3 Å². The number of benzene rings is 2. The SMILES string of the molecule is CC(=O)Oc1ccc(OC(C)=O)c2c(OC(C)=O)ccc(OC(C)=O)c12. The van der Waals surface area contributed by atoms with E-state index in [2.05, 4.69) is 0 Å². The van der Waals surface area contributed by atoms with E-state index in [0.29, 0.717) is 0 Å². The van der Waals surface area contributed by atoms with Crippen LogP contribution in [0.4, 0.5) is 0 Å². The van der Waals surface area contributed by atoms with Crippen LogP contribution < -0.4 is 18.9 Å². The van der Waals surface area contributed by atoms with Gasteiger partial charge in [0.1, 0.15) is 23.0 Å². The Morgan fingerprint density at radius 3 is 0.846 bits per heavy atom.